The van der Waals surface area contributed by atoms with Crippen molar-refractivity contribution in [3.8, 4) is 0 Å². The second-order valence-corrected chi connectivity index (χ2v) is 5.64. The Balaban J connectivity index is 2.22. The summed E-state index contributed by atoms with van der Waals surface area (Å²) in [4.78, 5) is 38.1. The SMILES string of the molecule is CCC(CC)(CC(=O)O)NC(=O)Cn1c(=O)[nH]c2ccccc21. The number of imidazole rings is 1. The van der Waals surface area contributed by atoms with Gasteiger partial charge in [-0.3, -0.25) is 14.2 Å². The van der Waals surface area contributed by atoms with E-state index < -0.39 is 11.5 Å². The summed E-state index contributed by atoms with van der Waals surface area (Å²) in [5.41, 5.74) is 0.147. The van der Waals surface area contributed by atoms with E-state index >= 15 is 0 Å². The van der Waals surface area contributed by atoms with E-state index in [1.165, 1.54) is 4.57 Å². The summed E-state index contributed by atoms with van der Waals surface area (Å²) < 4.78 is 1.35. The highest BCUT2D eigenvalue weighted by Crippen LogP contribution is 2.20. The number of carbonyl (C=O) groups excluding carboxylic acids is 1. The Hall–Kier alpha value is -2.57. The third-order valence-electron chi connectivity index (χ3n) is 4.23. The van der Waals surface area contributed by atoms with Gasteiger partial charge in [-0.05, 0) is 25.0 Å². The number of carbonyl (C=O) groups is 2. The van der Waals surface area contributed by atoms with E-state index in [1.54, 1.807) is 24.3 Å². The second-order valence-electron chi connectivity index (χ2n) is 5.64. The van der Waals surface area contributed by atoms with Gasteiger partial charge in [-0.2, -0.15) is 0 Å². The molecule has 0 radical (unpaired) electrons. The first-order valence-corrected chi connectivity index (χ1v) is 7.61. The molecule has 1 amide bonds. The molecule has 0 saturated heterocycles. The number of hydrogen-bond acceptors (Lipinski definition) is 3. The average Bonchev–Trinajstić information content (AvgIpc) is 2.82. The quantitative estimate of drug-likeness (QED) is 0.719. The van der Waals surface area contributed by atoms with Gasteiger partial charge in [0.25, 0.3) is 0 Å². The summed E-state index contributed by atoms with van der Waals surface area (Å²) in [5, 5.41) is 11.9. The molecule has 2 rings (SSSR count). The summed E-state index contributed by atoms with van der Waals surface area (Å²) in [6.07, 6.45) is 0.864. The number of amides is 1. The number of para-hydroxylation sites is 2. The molecule has 7 nitrogen and oxygen atoms in total. The minimum Gasteiger partial charge on any atom is -0.481 e. The van der Waals surface area contributed by atoms with Gasteiger partial charge >= 0.3 is 11.7 Å². The molecule has 7 heteroatoms. The average molecular weight is 319 g/mol. The lowest BCUT2D eigenvalue weighted by Gasteiger charge is -2.31. The van der Waals surface area contributed by atoms with Crippen LogP contribution in [0, 0.1) is 0 Å². The van der Waals surface area contributed by atoms with Crippen molar-refractivity contribution >= 4 is 22.9 Å². The van der Waals surface area contributed by atoms with Gasteiger partial charge in [0.15, 0.2) is 0 Å². The van der Waals surface area contributed by atoms with Gasteiger partial charge in [-0.25, -0.2) is 4.79 Å². The van der Waals surface area contributed by atoms with Gasteiger partial charge in [0, 0.05) is 0 Å². The maximum atomic E-state index is 12.3. The Morgan fingerprint density at radius 2 is 1.91 bits per heavy atom. The molecule has 1 aromatic carbocycles. The summed E-state index contributed by atoms with van der Waals surface area (Å²) in [5.74, 6) is -1.33. The lowest BCUT2D eigenvalue weighted by molar-refractivity contribution is -0.139. The first kappa shape index (κ1) is 16.8. The van der Waals surface area contributed by atoms with E-state index in [0.717, 1.165) is 0 Å². The minimum atomic E-state index is -0.960. The predicted molar refractivity (Wildman–Crippen MR) is 86.3 cm³/mol. The lowest BCUT2D eigenvalue weighted by atomic mass is 9.89. The number of hydrogen-bond donors (Lipinski definition) is 3. The zero-order valence-electron chi connectivity index (χ0n) is 13.3. The first-order chi connectivity index (χ1) is 10.9. The number of carboxylic acids is 1. The summed E-state index contributed by atoms with van der Waals surface area (Å²) in [6, 6.07) is 7.11. The number of fused-ring (bicyclic) bond motifs is 1. The van der Waals surface area contributed by atoms with Crippen LogP contribution in [-0.4, -0.2) is 32.1 Å². The third-order valence-corrected chi connectivity index (χ3v) is 4.23. The minimum absolute atomic E-state index is 0.144. The van der Waals surface area contributed by atoms with Crippen molar-refractivity contribution < 1.29 is 14.7 Å². The summed E-state index contributed by atoms with van der Waals surface area (Å²) >= 11 is 0. The van der Waals surface area contributed by atoms with E-state index in [1.807, 2.05) is 13.8 Å². The number of aromatic amines is 1. The molecule has 0 aliphatic rings. The van der Waals surface area contributed by atoms with E-state index in [-0.39, 0.29) is 24.6 Å². The summed E-state index contributed by atoms with van der Waals surface area (Å²) in [7, 11) is 0. The van der Waals surface area contributed by atoms with E-state index in [0.29, 0.717) is 23.9 Å². The molecule has 0 fully saturated rings. The Morgan fingerprint density at radius 1 is 1.26 bits per heavy atom. The van der Waals surface area contributed by atoms with E-state index in [9.17, 15) is 14.4 Å². The van der Waals surface area contributed by atoms with Gasteiger partial charge in [0.2, 0.25) is 5.91 Å². The van der Waals surface area contributed by atoms with Crippen molar-refractivity contribution in [1.82, 2.24) is 14.9 Å². The van der Waals surface area contributed by atoms with Crippen molar-refractivity contribution in [2.45, 2.75) is 45.2 Å². The largest absolute Gasteiger partial charge is 0.481 e. The number of aliphatic carboxylic acids is 1. The zero-order chi connectivity index (χ0) is 17.0. The fourth-order valence-electron chi connectivity index (χ4n) is 2.75. The molecular weight excluding hydrogens is 298 g/mol. The summed E-state index contributed by atoms with van der Waals surface area (Å²) in [6.45, 7) is 3.53. The Labute approximate surface area is 133 Å². The molecule has 124 valence electrons. The van der Waals surface area contributed by atoms with Crippen LogP contribution in [0.3, 0.4) is 0 Å². The van der Waals surface area contributed by atoms with Gasteiger partial charge in [0.1, 0.15) is 6.54 Å². The topological polar surface area (TPSA) is 104 Å². The highest BCUT2D eigenvalue weighted by atomic mass is 16.4. The molecule has 0 unspecified atom stereocenters. The van der Waals surface area contributed by atoms with Crippen LogP contribution in [0.2, 0.25) is 0 Å². The van der Waals surface area contributed by atoms with Crippen LogP contribution < -0.4 is 11.0 Å². The number of aromatic nitrogens is 2. The molecule has 1 heterocycles. The number of H-pyrrole nitrogens is 1. The van der Waals surface area contributed by atoms with Crippen LogP contribution in [0.25, 0.3) is 11.0 Å². The molecule has 0 aliphatic heterocycles. The third kappa shape index (κ3) is 3.61. The number of benzene rings is 1. The van der Waals surface area contributed by atoms with Crippen molar-refractivity contribution in [3.63, 3.8) is 0 Å². The van der Waals surface area contributed by atoms with Crippen molar-refractivity contribution in [1.29, 1.82) is 0 Å². The number of carboxylic acid groups (broad SMARTS) is 1. The molecule has 0 spiro atoms. The fraction of sp³-hybridized carbons (Fsp3) is 0.438. The van der Waals surface area contributed by atoms with Crippen LogP contribution in [0.1, 0.15) is 33.1 Å². The number of nitrogens with zero attached hydrogens (tertiary/aromatic N) is 1. The molecule has 2 aromatic rings. The van der Waals surface area contributed by atoms with Gasteiger partial charge in [0.05, 0.1) is 23.0 Å². The van der Waals surface area contributed by atoms with E-state index in [4.69, 9.17) is 5.11 Å². The standard InChI is InChI=1S/C16H21N3O4/c1-3-16(4-2,9-14(21)22)18-13(20)10-19-12-8-6-5-7-11(12)17-15(19)23/h5-8H,3-4,9-10H2,1-2H3,(H,17,23)(H,18,20)(H,21,22). The Kier molecular flexibility index (Phi) is 4.88. The van der Waals surface area contributed by atoms with E-state index in [2.05, 4.69) is 10.3 Å². The van der Waals surface area contributed by atoms with Crippen LogP contribution in [0.5, 0.6) is 0 Å². The maximum absolute atomic E-state index is 12.3. The van der Waals surface area contributed by atoms with Crippen LogP contribution in [-0.2, 0) is 16.1 Å². The van der Waals surface area contributed by atoms with Crippen LogP contribution in [0.15, 0.2) is 29.1 Å². The predicted octanol–water partition coefficient (Wildman–Crippen LogP) is 1.48. The van der Waals surface area contributed by atoms with Crippen LogP contribution >= 0.6 is 0 Å². The van der Waals surface area contributed by atoms with Crippen LogP contribution in [0.4, 0.5) is 0 Å². The smallest absolute Gasteiger partial charge is 0.326 e. The number of rotatable bonds is 7. The first-order valence-electron chi connectivity index (χ1n) is 7.61. The normalized spacial score (nSPS) is 11.6. The fourth-order valence-corrected chi connectivity index (χ4v) is 2.75. The van der Waals surface area contributed by atoms with Gasteiger partial charge < -0.3 is 15.4 Å². The molecule has 3 N–H and O–H groups in total. The molecule has 0 saturated carbocycles. The molecule has 0 bridgehead atoms. The van der Waals surface area contributed by atoms with Gasteiger partial charge in [-0.15, -0.1) is 0 Å². The van der Waals surface area contributed by atoms with Crippen molar-refractivity contribution in [2.75, 3.05) is 0 Å². The monoisotopic (exact) mass is 319 g/mol. The zero-order valence-corrected chi connectivity index (χ0v) is 13.3. The Bertz CT molecular complexity index is 771. The molecule has 23 heavy (non-hydrogen) atoms. The van der Waals surface area contributed by atoms with Crippen molar-refractivity contribution in [3.05, 3.63) is 34.7 Å². The second kappa shape index (κ2) is 6.68. The highest BCUT2D eigenvalue weighted by molar-refractivity contribution is 5.81. The molecular formula is C16H21N3O4. The number of nitrogens with one attached hydrogen (secondary N) is 2. The Morgan fingerprint density at radius 3 is 2.52 bits per heavy atom. The molecule has 0 atom stereocenters. The lowest BCUT2D eigenvalue weighted by Crippen LogP contribution is -2.50. The van der Waals surface area contributed by atoms with Gasteiger partial charge in [-0.1, -0.05) is 26.0 Å². The molecule has 1 aromatic heterocycles. The maximum Gasteiger partial charge on any atom is 0.326 e. The molecule has 0 aliphatic carbocycles. The highest BCUT2D eigenvalue weighted by Gasteiger charge is 2.31. The van der Waals surface area contributed by atoms with Crippen molar-refractivity contribution in [2.24, 2.45) is 0 Å².